The van der Waals surface area contributed by atoms with Crippen LogP contribution < -0.4 is 9.88 Å². The van der Waals surface area contributed by atoms with E-state index in [1.165, 1.54) is 6.07 Å². The normalized spacial score (nSPS) is 12.4. The van der Waals surface area contributed by atoms with Gasteiger partial charge in [0.25, 0.3) is 0 Å². The van der Waals surface area contributed by atoms with Crippen LogP contribution in [0.2, 0.25) is 0 Å². The van der Waals surface area contributed by atoms with Crippen LogP contribution in [0.3, 0.4) is 0 Å². The van der Waals surface area contributed by atoms with Gasteiger partial charge in [0.2, 0.25) is 10.0 Å². The van der Waals surface area contributed by atoms with Gasteiger partial charge in [-0.25, -0.2) is 22.0 Å². The number of hydrogen-bond acceptors (Lipinski definition) is 5. The molecule has 0 heterocycles. The van der Waals surface area contributed by atoms with Crippen molar-refractivity contribution in [3.63, 3.8) is 0 Å². The monoisotopic (exact) mass is 307 g/mol. The second-order valence-electron chi connectivity index (χ2n) is 4.43. The van der Waals surface area contributed by atoms with Gasteiger partial charge in [-0.3, -0.25) is 0 Å². The predicted molar refractivity (Wildman–Crippen MR) is 72.5 cm³/mol. The Morgan fingerprint density at radius 1 is 1.16 bits per heavy atom. The highest BCUT2D eigenvalue weighted by atomic mass is 32.2. The molecule has 0 aliphatic heterocycles. The summed E-state index contributed by atoms with van der Waals surface area (Å²) >= 11 is 0. The summed E-state index contributed by atoms with van der Waals surface area (Å²) in [7, 11) is -7.09. The predicted octanol–water partition coefficient (Wildman–Crippen LogP) is 0.374. The first kappa shape index (κ1) is 15.9. The SMILES string of the molecule is Cc1cc(C)c(OCCS(C)(=O)=O)c(S(N)(=O)=O)c1. The Hall–Kier alpha value is -1.12. The van der Waals surface area contributed by atoms with Crippen molar-refractivity contribution >= 4 is 19.9 Å². The number of rotatable bonds is 5. The molecule has 0 radical (unpaired) electrons. The molecule has 0 spiro atoms. The summed E-state index contributed by atoms with van der Waals surface area (Å²) in [4.78, 5) is -0.126. The smallest absolute Gasteiger partial charge is 0.241 e. The molecule has 1 rings (SSSR count). The second kappa shape index (κ2) is 5.48. The Kier molecular flexibility index (Phi) is 4.59. The highest BCUT2D eigenvalue weighted by Gasteiger charge is 2.18. The summed E-state index contributed by atoms with van der Waals surface area (Å²) in [6.45, 7) is 3.30. The Morgan fingerprint density at radius 3 is 2.21 bits per heavy atom. The number of aryl methyl sites for hydroxylation is 2. The minimum absolute atomic E-state index is 0.108. The molecule has 0 aliphatic rings. The zero-order valence-corrected chi connectivity index (χ0v) is 12.6. The second-order valence-corrected chi connectivity index (χ2v) is 8.22. The quantitative estimate of drug-likeness (QED) is 0.846. The lowest BCUT2D eigenvalue weighted by atomic mass is 10.1. The first-order chi connectivity index (χ1) is 8.50. The van der Waals surface area contributed by atoms with E-state index in [0.717, 1.165) is 11.8 Å². The van der Waals surface area contributed by atoms with Gasteiger partial charge in [0.15, 0.2) is 9.84 Å². The molecular formula is C11H17NO5S2. The number of primary sulfonamides is 1. The maximum Gasteiger partial charge on any atom is 0.241 e. The molecule has 19 heavy (non-hydrogen) atoms. The lowest BCUT2D eigenvalue weighted by Gasteiger charge is -2.13. The highest BCUT2D eigenvalue weighted by molar-refractivity contribution is 7.90. The van der Waals surface area contributed by atoms with Gasteiger partial charge in [-0.15, -0.1) is 0 Å². The maximum absolute atomic E-state index is 11.5. The van der Waals surface area contributed by atoms with E-state index in [-0.39, 0.29) is 23.0 Å². The van der Waals surface area contributed by atoms with Gasteiger partial charge in [0.05, 0.1) is 5.75 Å². The molecule has 0 saturated heterocycles. The Labute approximate surface area is 113 Å². The molecule has 1 aromatic carbocycles. The van der Waals surface area contributed by atoms with Crippen LogP contribution >= 0.6 is 0 Å². The van der Waals surface area contributed by atoms with Crippen LogP contribution in [0.25, 0.3) is 0 Å². The van der Waals surface area contributed by atoms with E-state index in [1.807, 2.05) is 0 Å². The lowest BCUT2D eigenvalue weighted by Crippen LogP contribution is -2.17. The number of nitrogens with two attached hydrogens (primary N) is 1. The first-order valence-corrected chi connectivity index (χ1v) is 9.06. The van der Waals surface area contributed by atoms with Crippen molar-refractivity contribution in [2.45, 2.75) is 18.7 Å². The molecule has 6 nitrogen and oxygen atoms in total. The third-order valence-electron chi connectivity index (χ3n) is 2.39. The number of hydrogen-bond donors (Lipinski definition) is 1. The van der Waals surface area contributed by atoms with Gasteiger partial charge in [0.1, 0.15) is 17.3 Å². The molecule has 2 N–H and O–H groups in total. The lowest BCUT2D eigenvalue weighted by molar-refractivity contribution is 0.329. The topological polar surface area (TPSA) is 104 Å². The molecule has 8 heteroatoms. The van der Waals surface area contributed by atoms with Crippen molar-refractivity contribution < 1.29 is 21.6 Å². The Morgan fingerprint density at radius 2 is 1.74 bits per heavy atom. The fourth-order valence-corrected chi connectivity index (χ4v) is 2.82. The van der Waals surface area contributed by atoms with Crippen LogP contribution in [0, 0.1) is 13.8 Å². The molecule has 0 bridgehead atoms. The van der Waals surface area contributed by atoms with E-state index in [4.69, 9.17) is 9.88 Å². The van der Waals surface area contributed by atoms with Crippen LogP contribution in [-0.2, 0) is 19.9 Å². The summed E-state index contributed by atoms with van der Waals surface area (Å²) in [5.74, 6) is -0.0820. The third-order valence-corrected chi connectivity index (χ3v) is 4.22. The van der Waals surface area contributed by atoms with Crippen molar-refractivity contribution in [3.05, 3.63) is 23.3 Å². The Bertz CT molecular complexity index is 677. The van der Waals surface area contributed by atoms with E-state index >= 15 is 0 Å². The zero-order valence-electron chi connectivity index (χ0n) is 11.0. The van der Waals surface area contributed by atoms with E-state index < -0.39 is 19.9 Å². The minimum atomic E-state index is -3.92. The van der Waals surface area contributed by atoms with Crippen LogP contribution in [0.15, 0.2) is 17.0 Å². The molecule has 0 fully saturated rings. The van der Waals surface area contributed by atoms with Crippen molar-refractivity contribution in [2.24, 2.45) is 5.14 Å². The summed E-state index contributed by atoms with van der Waals surface area (Å²) in [6.07, 6.45) is 1.08. The van der Waals surface area contributed by atoms with Crippen molar-refractivity contribution in [2.75, 3.05) is 18.6 Å². The molecule has 0 amide bonds. The molecule has 0 unspecified atom stereocenters. The number of sulfonamides is 1. The van der Waals surface area contributed by atoms with Gasteiger partial charge in [0, 0.05) is 6.26 Å². The summed E-state index contributed by atoms with van der Waals surface area (Å²) in [5, 5.41) is 5.13. The summed E-state index contributed by atoms with van der Waals surface area (Å²) in [6, 6.07) is 3.14. The molecule has 0 aromatic heterocycles. The number of sulfone groups is 1. The summed E-state index contributed by atoms with van der Waals surface area (Å²) in [5.41, 5.74) is 1.33. The average molecular weight is 307 g/mol. The molecule has 0 aliphatic carbocycles. The van der Waals surface area contributed by atoms with Gasteiger partial charge in [-0.2, -0.15) is 0 Å². The van der Waals surface area contributed by atoms with Gasteiger partial charge in [-0.1, -0.05) is 6.07 Å². The number of benzene rings is 1. The fraction of sp³-hybridized carbons (Fsp3) is 0.455. The van der Waals surface area contributed by atoms with Crippen LogP contribution in [-0.4, -0.2) is 35.5 Å². The standard InChI is InChI=1S/C11H17NO5S2/c1-8-6-9(2)11(10(7-8)19(12,15)16)17-4-5-18(3,13)14/h6-7H,4-5H2,1-3H3,(H2,12,15,16). The van der Waals surface area contributed by atoms with E-state index in [1.54, 1.807) is 19.9 Å². The summed E-state index contributed by atoms with van der Waals surface area (Å²) < 4.78 is 50.3. The Balaban J connectivity index is 3.13. The third kappa shape index (κ3) is 4.81. The highest BCUT2D eigenvalue weighted by Crippen LogP contribution is 2.28. The molecular weight excluding hydrogens is 290 g/mol. The molecule has 108 valence electrons. The van der Waals surface area contributed by atoms with Crippen LogP contribution in [0.4, 0.5) is 0 Å². The minimum Gasteiger partial charge on any atom is -0.491 e. The van der Waals surface area contributed by atoms with E-state index in [2.05, 4.69) is 0 Å². The van der Waals surface area contributed by atoms with Crippen LogP contribution in [0.5, 0.6) is 5.75 Å². The maximum atomic E-state index is 11.5. The first-order valence-electron chi connectivity index (χ1n) is 5.45. The molecule has 1 aromatic rings. The zero-order chi connectivity index (χ0) is 14.8. The molecule has 0 atom stereocenters. The van der Waals surface area contributed by atoms with Crippen molar-refractivity contribution in [1.82, 2.24) is 0 Å². The number of ether oxygens (including phenoxy) is 1. The largest absolute Gasteiger partial charge is 0.491 e. The average Bonchev–Trinajstić information content (AvgIpc) is 2.17. The van der Waals surface area contributed by atoms with Gasteiger partial charge < -0.3 is 4.74 Å². The van der Waals surface area contributed by atoms with Crippen molar-refractivity contribution in [3.8, 4) is 5.75 Å². The molecule has 0 saturated carbocycles. The van der Waals surface area contributed by atoms with Crippen molar-refractivity contribution in [1.29, 1.82) is 0 Å². The van der Waals surface area contributed by atoms with Crippen LogP contribution in [0.1, 0.15) is 11.1 Å². The van der Waals surface area contributed by atoms with Gasteiger partial charge >= 0.3 is 0 Å². The fourth-order valence-electron chi connectivity index (χ4n) is 1.61. The van der Waals surface area contributed by atoms with Gasteiger partial charge in [-0.05, 0) is 31.0 Å². The van der Waals surface area contributed by atoms with E-state index in [0.29, 0.717) is 5.56 Å². The van der Waals surface area contributed by atoms with E-state index in [9.17, 15) is 16.8 Å².